The molecule has 0 unspecified atom stereocenters. The van der Waals surface area contributed by atoms with E-state index in [4.69, 9.17) is 34.8 Å². The van der Waals surface area contributed by atoms with E-state index in [9.17, 15) is 0 Å². The molecule has 6 heteroatoms. The van der Waals surface area contributed by atoms with E-state index in [1.54, 1.807) is 18.6 Å². The van der Waals surface area contributed by atoms with Crippen LogP contribution in [0.1, 0.15) is 17.2 Å². The average Bonchev–Trinajstić information content (AvgIpc) is 3.30. The second-order valence-corrected chi connectivity index (χ2v) is 7.19. The molecular weight excluding hydrogens is 389 g/mol. The molecule has 0 saturated heterocycles. The van der Waals surface area contributed by atoms with Gasteiger partial charge in [-0.3, -0.25) is 0 Å². The summed E-state index contributed by atoms with van der Waals surface area (Å²) in [7, 11) is 0. The highest BCUT2D eigenvalue weighted by Gasteiger charge is 2.23. The monoisotopic (exact) mass is 401 g/mol. The molecule has 26 heavy (non-hydrogen) atoms. The smallest absolute Gasteiger partial charge is 0.0954 e. The molecule has 2 aromatic carbocycles. The van der Waals surface area contributed by atoms with Crippen LogP contribution < -0.4 is 0 Å². The second-order valence-electron chi connectivity index (χ2n) is 5.91. The van der Waals surface area contributed by atoms with Gasteiger partial charge in [0.05, 0.1) is 12.4 Å². The van der Waals surface area contributed by atoms with Crippen LogP contribution in [0.5, 0.6) is 0 Å². The molecule has 0 spiro atoms. The Balaban J connectivity index is 1.89. The molecule has 4 aromatic rings. The van der Waals surface area contributed by atoms with Crippen molar-refractivity contribution in [1.29, 1.82) is 0 Å². The molecule has 130 valence electrons. The summed E-state index contributed by atoms with van der Waals surface area (Å²) in [5, 5.41) is 1.92. The van der Waals surface area contributed by atoms with Gasteiger partial charge >= 0.3 is 0 Å². The van der Waals surface area contributed by atoms with E-state index in [1.807, 2.05) is 59.6 Å². The fourth-order valence-electron chi connectivity index (χ4n) is 3.12. The number of aromatic nitrogens is 3. The summed E-state index contributed by atoms with van der Waals surface area (Å²) in [6.07, 6.45) is 9.43. The number of benzene rings is 2. The number of halogens is 3. The lowest BCUT2D eigenvalue weighted by Gasteiger charge is -2.21. The summed E-state index contributed by atoms with van der Waals surface area (Å²) in [5.41, 5.74) is 4.17. The van der Waals surface area contributed by atoms with Gasteiger partial charge in [0.25, 0.3) is 0 Å². The highest BCUT2D eigenvalue weighted by Crippen LogP contribution is 2.38. The first-order chi connectivity index (χ1) is 12.6. The first kappa shape index (κ1) is 17.2. The summed E-state index contributed by atoms with van der Waals surface area (Å²) in [5.74, 6) is 0. The van der Waals surface area contributed by atoms with Crippen molar-refractivity contribution in [2.24, 2.45) is 0 Å². The summed E-state index contributed by atoms with van der Waals surface area (Å²) < 4.78 is 2.03. The topological polar surface area (TPSA) is 33.6 Å². The van der Waals surface area contributed by atoms with Crippen LogP contribution in [0.2, 0.25) is 15.1 Å². The average molecular weight is 403 g/mol. The number of hydrogen-bond donors (Lipinski definition) is 1. The maximum Gasteiger partial charge on any atom is 0.0954 e. The van der Waals surface area contributed by atoms with Crippen molar-refractivity contribution >= 4 is 34.8 Å². The Morgan fingerprint density at radius 1 is 0.885 bits per heavy atom. The molecule has 0 aliphatic rings. The van der Waals surface area contributed by atoms with Gasteiger partial charge in [0.2, 0.25) is 0 Å². The molecule has 0 saturated carbocycles. The summed E-state index contributed by atoms with van der Waals surface area (Å²) in [6.45, 7) is 0. The van der Waals surface area contributed by atoms with E-state index in [-0.39, 0.29) is 6.04 Å². The minimum atomic E-state index is -0.140. The minimum absolute atomic E-state index is 0.140. The number of rotatable bonds is 4. The molecule has 1 atom stereocenters. The normalized spacial score (nSPS) is 12.3. The Kier molecular flexibility index (Phi) is 4.77. The fraction of sp³-hybridized carbons (Fsp3) is 0.0500. The highest BCUT2D eigenvalue weighted by molar-refractivity contribution is 6.35. The zero-order valence-corrected chi connectivity index (χ0v) is 15.8. The van der Waals surface area contributed by atoms with Crippen LogP contribution in [-0.2, 0) is 0 Å². The summed E-state index contributed by atoms with van der Waals surface area (Å²) in [4.78, 5) is 7.42. The van der Waals surface area contributed by atoms with Gasteiger partial charge in [-0.2, -0.15) is 0 Å². The van der Waals surface area contributed by atoms with Crippen LogP contribution in [-0.4, -0.2) is 14.5 Å². The minimum Gasteiger partial charge on any atom is -0.367 e. The van der Waals surface area contributed by atoms with Gasteiger partial charge < -0.3 is 9.55 Å². The maximum atomic E-state index is 6.53. The van der Waals surface area contributed by atoms with Gasteiger partial charge in [-0.1, -0.05) is 53.0 Å². The molecule has 0 fully saturated rings. The van der Waals surface area contributed by atoms with Crippen molar-refractivity contribution in [3.05, 3.63) is 99.8 Å². The lowest BCUT2D eigenvalue weighted by molar-refractivity contribution is 0.679. The molecule has 2 heterocycles. The molecular formula is C20H14Cl3N3. The largest absolute Gasteiger partial charge is 0.367 e. The van der Waals surface area contributed by atoms with E-state index in [0.29, 0.717) is 15.1 Å². The third-order valence-electron chi connectivity index (χ3n) is 4.31. The molecule has 0 aliphatic carbocycles. The van der Waals surface area contributed by atoms with E-state index < -0.39 is 0 Å². The third-order valence-corrected chi connectivity index (χ3v) is 5.12. The molecule has 2 aromatic heterocycles. The number of imidazole rings is 1. The fourth-order valence-corrected chi connectivity index (χ4v) is 3.75. The molecule has 3 nitrogen and oxygen atoms in total. The number of nitrogens with zero attached hydrogens (tertiary/aromatic N) is 2. The number of hydrogen-bond acceptors (Lipinski definition) is 1. The van der Waals surface area contributed by atoms with Crippen LogP contribution in [0.3, 0.4) is 0 Å². The zero-order chi connectivity index (χ0) is 18.1. The number of aromatic amines is 1. The highest BCUT2D eigenvalue weighted by atomic mass is 35.5. The number of H-pyrrole nitrogens is 1. The molecule has 0 amide bonds. The molecule has 4 rings (SSSR count). The Bertz CT molecular complexity index is 1020. The Morgan fingerprint density at radius 3 is 2.35 bits per heavy atom. The molecule has 0 aliphatic heterocycles. The van der Waals surface area contributed by atoms with Crippen LogP contribution in [0.4, 0.5) is 0 Å². The zero-order valence-electron chi connectivity index (χ0n) is 13.5. The van der Waals surface area contributed by atoms with Crippen LogP contribution >= 0.6 is 34.8 Å². The van der Waals surface area contributed by atoms with Crippen LogP contribution in [0.25, 0.3) is 11.1 Å². The van der Waals surface area contributed by atoms with Gasteiger partial charge in [0.15, 0.2) is 0 Å². The van der Waals surface area contributed by atoms with Gasteiger partial charge in [0.1, 0.15) is 0 Å². The lowest BCUT2D eigenvalue weighted by atomic mass is 9.94. The standard InChI is InChI=1S/C20H14Cl3N3/c21-14-3-1-13(2-4-14)17-10-25-11-18(17)20(26-8-7-24-12-26)16-6-5-15(22)9-19(16)23/h1-12,20,25H/t20-/m1/s1. The van der Waals surface area contributed by atoms with Gasteiger partial charge in [0, 0.05) is 51.0 Å². The van der Waals surface area contributed by atoms with Gasteiger partial charge in [-0.15, -0.1) is 0 Å². The SMILES string of the molecule is Clc1ccc(-c2c[nH]cc2[C@@H](c2ccc(Cl)cc2Cl)n2ccnc2)cc1. The van der Waals surface area contributed by atoms with Gasteiger partial charge in [-0.05, 0) is 35.4 Å². The Morgan fingerprint density at radius 2 is 1.65 bits per heavy atom. The van der Waals surface area contributed by atoms with Crippen LogP contribution in [0.15, 0.2) is 73.6 Å². The summed E-state index contributed by atoms with van der Waals surface area (Å²) >= 11 is 18.7. The summed E-state index contributed by atoms with van der Waals surface area (Å²) in [6, 6.07) is 13.2. The van der Waals surface area contributed by atoms with Crippen molar-refractivity contribution in [1.82, 2.24) is 14.5 Å². The van der Waals surface area contributed by atoms with Crippen LogP contribution in [0, 0.1) is 0 Å². The Labute approximate surface area is 166 Å². The van der Waals surface area contributed by atoms with E-state index in [0.717, 1.165) is 22.3 Å². The molecule has 1 N–H and O–H groups in total. The lowest BCUT2D eigenvalue weighted by Crippen LogP contribution is -2.11. The van der Waals surface area contributed by atoms with Crippen molar-refractivity contribution in [2.75, 3.05) is 0 Å². The third kappa shape index (κ3) is 3.26. The first-order valence-corrected chi connectivity index (χ1v) is 9.12. The van der Waals surface area contributed by atoms with Crippen molar-refractivity contribution < 1.29 is 0 Å². The number of nitrogens with one attached hydrogen (secondary N) is 1. The van der Waals surface area contributed by atoms with Crippen molar-refractivity contribution in [3.8, 4) is 11.1 Å². The van der Waals surface area contributed by atoms with E-state index in [2.05, 4.69) is 9.97 Å². The van der Waals surface area contributed by atoms with Crippen molar-refractivity contribution in [2.45, 2.75) is 6.04 Å². The van der Waals surface area contributed by atoms with Gasteiger partial charge in [-0.25, -0.2) is 4.98 Å². The van der Waals surface area contributed by atoms with Crippen molar-refractivity contribution in [3.63, 3.8) is 0 Å². The first-order valence-electron chi connectivity index (χ1n) is 7.98. The second kappa shape index (κ2) is 7.20. The van der Waals surface area contributed by atoms with E-state index in [1.165, 1.54) is 0 Å². The quantitative estimate of drug-likeness (QED) is 0.416. The van der Waals surface area contributed by atoms with E-state index >= 15 is 0 Å². The predicted molar refractivity (Wildman–Crippen MR) is 107 cm³/mol. The maximum absolute atomic E-state index is 6.53. The predicted octanol–water partition coefficient (Wildman–Crippen LogP) is 6.48. The Hall–Kier alpha value is -2.20. The molecule has 0 bridgehead atoms. The molecule has 0 radical (unpaired) electrons.